The van der Waals surface area contributed by atoms with Crippen LogP contribution in [0.5, 0.6) is 5.75 Å². The number of rotatable bonds is 4. The van der Waals surface area contributed by atoms with E-state index < -0.39 is 0 Å². The third kappa shape index (κ3) is 3.94. The SMILES string of the molecule is Cc1ccc2c(c1)N(CCC(=O)Nc1ccc(Cl)cc1C)C(=O)CO2. The van der Waals surface area contributed by atoms with Gasteiger partial charge in [0.05, 0.1) is 5.69 Å². The van der Waals surface area contributed by atoms with Crippen molar-refractivity contribution in [1.82, 2.24) is 0 Å². The molecule has 3 rings (SSSR count). The van der Waals surface area contributed by atoms with Crippen molar-refractivity contribution in [2.45, 2.75) is 20.3 Å². The van der Waals surface area contributed by atoms with E-state index in [0.29, 0.717) is 23.0 Å². The summed E-state index contributed by atoms with van der Waals surface area (Å²) in [5.74, 6) is 0.367. The second-order valence-electron chi connectivity index (χ2n) is 6.06. The van der Waals surface area contributed by atoms with Crippen molar-refractivity contribution < 1.29 is 14.3 Å². The minimum absolute atomic E-state index is 0.00598. The van der Waals surface area contributed by atoms with Crippen LogP contribution in [-0.4, -0.2) is 25.0 Å². The molecule has 5 nitrogen and oxygen atoms in total. The highest BCUT2D eigenvalue weighted by Gasteiger charge is 2.25. The molecule has 1 aliphatic rings. The lowest BCUT2D eigenvalue weighted by Gasteiger charge is -2.29. The van der Waals surface area contributed by atoms with Crippen molar-refractivity contribution in [2.75, 3.05) is 23.4 Å². The van der Waals surface area contributed by atoms with Crippen LogP contribution in [0.25, 0.3) is 0 Å². The molecule has 0 saturated heterocycles. The van der Waals surface area contributed by atoms with Crippen LogP contribution in [0.2, 0.25) is 5.02 Å². The third-order valence-electron chi connectivity index (χ3n) is 4.08. The molecule has 0 atom stereocenters. The lowest BCUT2D eigenvalue weighted by atomic mass is 10.1. The molecule has 1 aliphatic heterocycles. The van der Waals surface area contributed by atoms with Gasteiger partial charge in [-0.25, -0.2) is 0 Å². The number of carbonyl (C=O) groups is 2. The number of anilines is 2. The number of hydrogen-bond acceptors (Lipinski definition) is 3. The Morgan fingerprint density at radius 2 is 2.04 bits per heavy atom. The predicted octanol–water partition coefficient (Wildman–Crippen LogP) is 3.71. The van der Waals surface area contributed by atoms with Crippen LogP contribution in [0.3, 0.4) is 0 Å². The minimum atomic E-state index is -0.154. The first-order valence-corrected chi connectivity index (χ1v) is 8.41. The van der Waals surface area contributed by atoms with Crippen LogP contribution in [0.4, 0.5) is 11.4 Å². The summed E-state index contributed by atoms with van der Waals surface area (Å²) >= 11 is 5.92. The van der Waals surface area contributed by atoms with E-state index in [1.54, 1.807) is 23.1 Å². The average Bonchev–Trinajstić information content (AvgIpc) is 2.56. The normalized spacial score (nSPS) is 13.2. The smallest absolute Gasteiger partial charge is 0.265 e. The fraction of sp³-hybridized carbons (Fsp3) is 0.263. The molecule has 1 heterocycles. The molecule has 0 saturated carbocycles. The molecule has 0 fully saturated rings. The zero-order chi connectivity index (χ0) is 18.0. The lowest BCUT2D eigenvalue weighted by molar-refractivity contribution is -0.121. The summed E-state index contributed by atoms with van der Waals surface area (Å²) in [5, 5.41) is 3.49. The Kier molecular flexibility index (Phi) is 4.95. The predicted molar refractivity (Wildman–Crippen MR) is 98.5 cm³/mol. The van der Waals surface area contributed by atoms with Crippen LogP contribution >= 0.6 is 11.6 Å². The molecule has 130 valence electrons. The second-order valence-corrected chi connectivity index (χ2v) is 6.50. The Morgan fingerprint density at radius 3 is 2.80 bits per heavy atom. The number of benzene rings is 2. The van der Waals surface area contributed by atoms with Gasteiger partial charge < -0.3 is 15.0 Å². The molecule has 6 heteroatoms. The zero-order valence-corrected chi connectivity index (χ0v) is 14.9. The molecule has 2 aromatic rings. The number of nitrogens with one attached hydrogen (secondary N) is 1. The van der Waals surface area contributed by atoms with Crippen LogP contribution < -0.4 is 15.0 Å². The molecule has 2 amide bonds. The molecule has 25 heavy (non-hydrogen) atoms. The zero-order valence-electron chi connectivity index (χ0n) is 14.1. The van der Waals surface area contributed by atoms with E-state index in [0.717, 1.165) is 16.8 Å². The summed E-state index contributed by atoms with van der Waals surface area (Å²) in [6.07, 6.45) is 0.196. The van der Waals surface area contributed by atoms with Crippen LogP contribution in [-0.2, 0) is 9.59 Å². The molecule has 2 aromatic carbocycles. The number of ether oxygens (including phenoxy) is 1. The fourth-order valence-corrected chi connectivity index (χ4v) is 2.98. The quantitative estimate of drug-likeness (QED) is 0.906. The van der Waals surface area contributed by atoms with E-state index in [1.807, 2.05) is 32.0 Å². The van der Waals surface area contributed by atoms with Gasteiger partial charge in [-0.1, -0.05) is 17.7 Å². The second kappa shape index (κ2) is 7.15. The summed E-state index contributed by atoms with van der Waals surface area (Å²) in [6, 6.07) is 11.0. The van der Waals surface area contributed by atoms with Gasteiger partial charge in [0.25, 0.3) is 5.91 Å². The van der Waals surface area contributed by atoms with Gasteiger partial charge in [0.15, 0.2) is 6.61 Å². The highest BCUT2D eigenvalue weighted by Crippen LogP contribution is 2.33. The van der Waals surface area contributed by atoms with Gasteiger partial charge in [0.2, 0.25) is 5.91 Å². The lowest BCUT2D eigenvalue weighted by Crippen LogP contribution is -2.40. The van der Waals surface area contributed by atoms with Crippen molar-refractivity contribution in [3.8, 4) is 5.75 Å². The summed E-state index contributed by atoms with van der Waals surface area (Å²) in [7, 11) is 0. The Hall–Kier alpha value is -2.53. The summed E-state index contributed by atoms with van der Waals surface area (Å²) < 4.78 is 5.45. The fourth-order valence-electron chi connectivity index (χ4n) is 2.75. The standard InChI is InChI=1S/C19H19ClN2O3/c1-12-3-6-17-16(9-12)22(19(24)11-25-17)8-7-18(23)21-15-5-4-14(20)10-13(15)2/h3-6,9-10H,7-8,11H2,1-2H3,(H,21,23). The number of fused-ring (bicyclic) bond motifs is 1. The van der Waals surface area contributed by atoms with Gasteiger partial charge in [-0.3, -0.25) is 9.59 Å². The van der Waals surface area contributed by atoms with Crippen molar-refractivity contribution in [3.05, 3.63) is 52.5 Å². The molecular formula is C19H19ClN2O3. The van der Waals surface area contributed by atoms with Gasteiger partial charge in [-0.2, -0.15) is 0 Å². The van der Waals surface area contributed by atoms with Crippen molar-refractivity contribution in [1.29, 1.82) is 0 Å². The summed E-state index contributed by atoms with van der Waals surface area (Å²) in [6.45, 7) is 4.13. The molecule has 0 radical (unpaired) electrons. The van der Waals surface area contributed by atoms with E-state index in [2.05, 4.69) is 5.32 Å². The number of hydrogen-bond donors (Lipinski definition) is 1. The summed E-state index contributed by atoms with van der Waals surface area (Å²) in [5.41, 5.74) is 3.36. The van der Waals surface area contributed by atoms with Crippen LogP contribution in [0.15, 0.2) is 36.4 Å². The van der Waals surface area contributed by atoms with E-state index in [9.17, 15) is 9.59 Å². The van der Waals surface area contributed by atoms with E-state index in [-0.39, 0.29) is 24.8 Å². The molecule has 0 aliphatic carbocycles. The first kappa shape index (κ1) is 17.3. The topological polar surface area (TPSA) is 58.6 Å². The highest BCUT2D eigenvalue weighted by atomic mass is 35.5. The molecule has 0 spiro atoms. The van der Waals surface area contributed by atoms with Crippen molar-refractivity contribution in [2.24, 2.45) is 0 Å². The highest BCUT2D eigenvalue weighted by molar-refractivity contribution is 6.30. The molecule has 0 aromatic heterocycles. The van der Waals surface area contributed by atoms with Crippen LogP contribution in [0.1, 0.15) is 17.5 Å². The van der Waals surface area contributed by atoms with Gasteiger partial charge >= 0.3 is 0 Å². The Balaban J connectivity index is 1.68. The third-order valence-corrected chi connectivity index (χ3v) is 4.32. The largest absolute Gasteiger partial charge is 0.482 e. The van der Waals surface area contributed by atoms with Gasteiger partial charge in [-0.15, -0.1) is 0 Å². The number of halogens is 1. The molecule has 0 bridgehead atoms. The van der Waals surface area contributed by atoms with Crippen LogP contribution in [0, 0.1) is 13.8 Å². The first-order chi connectivity index (χ1) is 11.9. The van der Waals surface area contributed by atoms with Gasteiger partial charge in [-0.05, 0) is 55.3 Å². The molecular weight excluding hydrogens is 340 g/mol. The van der Waals surface area contributed by atoms with Crippen molar-refractivity contribution >= 4 is 34.8 Å². The maximum atomic E-state index is 12.3. The van der Waals surface area contributed by atoms with Crippen molar-refractivity contribution in [3.63, 3.8) is 0 Å². The van der Waals surface area contributed by atoms with Gasteiger partial charge in [0, 0.05) is 23.7 Å². The number of nitrogens with zero attached hydrogens (tertiary/aromatic N) is 1. The number of aryl methyl sites for hydroxylation is 2. The first-order valence-electron chi connectivity index (χ1n) is 8.04. The summed E-state index contributed by atoms with van der Waals surface area (Å²) in [4.78, 5) is 26.1. The average molecular weight is 359 g/mol. The maximum Gasteiger partial charge on any atom is 0.265 e. The number of carbonyl (C=O) groups excluding carboxylic acids is 2. The van der Waals surface area contributed by atoms with E-state index in [4.69, 9.17) is 16.3 Å². The number of amides is 2. The minimum Gasteiger partial charge on any atom is -0.482 e. The molecule has 1 N–H and O–H groups in total. The van der Waals surface area contributed by atoms with E-state index >= 15 is 0 Å². The Labute approximate surface area is 151 Å². The maximum absolute atomic E-state index is 12.3. The molecule has 0 unspecified atom stereocenters. The monoisotopic (exact) mass is 358 g/mol. The Morgan fingerprint density at radius 1 is 1.24 bits per heavy atom. The Bertz CT molecular complexity index is 835. The van der Waals surface area contributed by atoms with E-state index in [1.165, 1.54) is 0 Å². The van der Waals surface area contributed by atoms with Gasteiger partial charge in [0.1, 0.15) is 5.75 Å².